The summed E-state index contributed by atoms with van der Waals surface area (Å²) in [6, 6.07) is 7.85. The fourth-order valence-electron chi connectivity index (χ4n) is 2.27. The summed E-state index contributed by atoms with van der Waals surface area (Å²) in [5, 5.41) is 15.2. The van der Waals surface area contributed by atoms with Crippen molar-refractivity contribution >= 4 is 15.9 Å². The Labute approximate surface area is 156 Å². The van der Waals surface area contributed by atoms with Crippen LogP contribution in [-0.2, 0) is 13.2 Å². The van der Waals surface area contributed by atoms with Gasteiger partial charge in [-0.2, -0.15) is 0 Å². The second-order valence-corrected chi connectivity index (χ2v) is 6.26. The van der Waals surface area contributed by atoms with Crippen molar-refractivity contribution in [3.8, 4) is 11.5 Å². The van der Waals surface area contributed by atoms with Crippen molar-refractivity contribution in [2.45, 2.75) is 13.2 Å². The molecule has 1 heterocycles. The minimum Gasteiger partial charge on any atom is -0.493 e. The summed E-state index contributed by atoms with van der Waals surface area (Å²) in [5.41, 5.74) is 2.09. The molecule has 0 saturated carbocycles. The van der Waals surface area contributed by atoms with Crippen LogP contribution in [0.1, 0.15) is 11.1 Å². The highest BCUT2D eigenvalue weighted by Gasteiger charge is 2.12. The standard InChI is InChI=1S/C18H24BrN3O3/c1-24-17-10-15(12-22-6-5-20-7-8-23)9-16(19)18(17)25-13-14-3-2-4-21-11-14/h2-4,9-11,20,22-23H,5-8,12-13H2,1H3. The summed E-state index contributed by atoms with van der Waals surface area (Å²) in [5.74, 6) is 1.37. The molecule has 0 aliphatic carbocycles. The predicted octanol–water partition coefficient (Wildman–Crippen LogP) is 2.10. The van der Waals surface area contributed by atoms with Crippen molar-refractivity contribution in [2.75, 3.05) is 33.4 Å². The second kappa shape index (κ2) is 11.0. The number of halogens is 1. The van der Waals surface area contributed by atoms with E-state index in [4.69, 9.17) is 14.6 Å². The Balaban J connectivity index is 1.92. The van der Waals surface area contributed by atoms with E-state index in [2.05, 4.69) is 31.5 Å². The zero-order chi connectivity index (χ0) is 17.9. The molecule has 0 aliphatic rings. The monoisotopic (exact) mass is 409 g/mol. The first kappa shape index (κ1) is 19.7. The van der Waals surface area contributed by atoms with E-state index in [-0.39, 0.29) is 6.61 Å². The molecule has 1 aromatic carbocycles. The van der Waals surface area contributed by atoms with E-state index in [0.717, 1.165) is 35.2 Å². The van der Waals surface area contributed by atoms with Gasteiger partial charge in [-0.1, -0.05) is 6.07 Å². The first-order chi connectivity index (χ1) is 12.2. The maximum Gasteiger partial charge on any atom is 0.175 e. The van der Waals surface area contributed by atoms with Crippen LogP contribution >= 0.6 is 15.9 Å². The Kier molecular flexibility index (Phi) is 8.68. The molecular formula is C18H24BrN3O3. The number of pyridine rings is 1. The largest absolute Gasteiger partial charge is 0.493 e. The summed E-state index contributed by atoms with van der Waals surface area (Å²) >= 11 is 3.57. The first-order valence-electron chi connectivity index (χ1n) is 8.15. The van der Waals surface area contributed by atoms with Crippen molar-refractivity contribution in [2.24, 2.45) is 0 Å². The molecule has 0 spiro atoms. The molecule has 0 fully saturated rings. The van der Waals surface area contributed by atoms with Gasteiger partial charge in [0.1, 0.15) is 6.61 Å². The lowest BCUT2D eigenvalue weighted by Gasteiger charge is -2.15. The normalized spacial score (nSPS) is 10.7. The van der Waals surface area contributed by atoms with Crippen LogP contribution in [-0.4, -0.2) is 43.4 Å². The van der Waals surface area contributed by atoms with Gasteiger partial charge >= 0.3 is 0 Å². The van der Waals surface area contributed by atoms with Crippen molar-refractivity contribution in [3.63, 3.8) is 0 Å². The molecule has 3 N–H and O–H groups in total. The van der Waals surface area contributed by atoms with Crippen LogP contribution < -0.4 is 20.1 Å². The van der Waals surface area contributed by atoms with Crippen molar-refractivity contribution < 1.29 is 14.6 Å². The fourth-order valence-corrected chi connectivity index (χ4v) is 2.87. The van der Waals surface area contributed by atoms with Crippen LogP contribution in [0.4, 0.5) is 0 Å². The van der Waals surface area contributed by atoms with E-state index in [1.54, 1.807) is 19.5 Å². The molecule has 7 heteroatoms. The fraction of sp³-hybridized carbons (Fsp3) is 0.389. The molecule has 0 amide bonds. The van der Waals surface area contributed by atoms with E-state index in [1.807, 2.05) is 24.3 Å². The van der Waals surface area contributed by atoms with E-state index in [9.17, 15) is 0 Å². The molecule has 0 bridgehead atoms. The number of rotatable bonds is 11. The van der Waals surface area contributed by atoms with E-state index >= 15 is 0 Å². The highest BCUT2D eigenvalue weighted by molar-refractivity contribution is 9.10. The van der Waals surface area contributed by atoms with Gasteiger partial charge in [0.25, 0.3) is 0 Å². The Morgan fingerprint density at radius 2 is 2.00 bits per heavy atom. The lowest BCUT2D eigenvalue weighted by molar-refractivity contribution is 0.282. The number of aliphatic hydroxyl groups excluding tert-OH is 1. The third-order valence-electron chi connectivity index (χ3n) is 3.49. The van der Waals surface area contributed by atoms with Crippen LogP contribution in [0.3, 0.4) is 0 Å². The van der Waals surface area contributed by atoms with Gasteiger partial charge in [0.2, 0.25) is 0 Å². The number of hydrogen-bond donors (Lipinski definition) is 3. The molecule has 1 aromatic heterocycles. The number of nitrogens with one attached hydrogen (secondary N) is 2. The summed E-state index contributed by atoms with van der Waals surface area (Å²) < 4.78 is 12.2. The lowest BCUT2D eigenvalue weighted by Crippen LogP contribution is -2.28. The Hall–Kier alpha value is -1.67. The zero-order valence-corrected chi connectivity index (χ0v) is 15.9. The lowest BCUT2D eigenvalue weighted by atomic mass is 10.2. The number of aliphatic hydroxyl groups is 1. The summed E-state index contributed by atoms with van der Waals surface area (Å²) in [7, 11) is 1.63. The SMILES string of the molecule is COc1cc(CNCCNCCO)cc(Br)c1OCc1cccnc1. The van der Waals surface area contributed by atoms with Crippen LogP contribution in [0.5, 0.6) is 11.5 Å². The molecule has 2 rings (SSSR count). The molecule has 6 nitrogen and oxygen atoms in total. The van der Waals surface area contributed by atoms with Gasteiger partial charge in [0, 0.05) is 44.1 Å². The number of ether oxygens (including phenoxy) is 2. The van der Waals surface area contributed by atoms with Crippen molar-refractivity contribution in [3.05, 3.63) is 52.3 Å². The molecular weight excluding hydrogens is 386 g/mol. The number of methoxy groups -OCH3 is 1. The maximum atomic E-state index is 8.71. The van der Waals surface area contributed by atoms with Gasteiger partial charge in [0.15, 0.2) is 11.5 Å². The van der Waals surface area contributed by atoms with Gasteiger partial charge in [-0.3, -0.25) is 4.98 Å². The number of benzene rings is 1. The van der Waals surface area contributed by atoms with Crippen LogP contribution in [0.2, 0.25) is 0 Å². The van der Waals surface area contributed by atoms with Gasteiger partial charge in [0.05, 0.1) is 18.2 Å². The predicted molar refractivity (Wildman–Crippen MR) is 101 cm³/mol. The summed E-state index contributed by atoms with van der Waals surface area (Å²) in [4.78, 5) is 4.09. The molecule has 0 radical (unpaired) electrons. The number of nitrogens with zero attached hydrogens (tertiary/aromatic N) is 1. The third-order valence-corrected chi connectivity index (χ3v) is 4.08. The molecule has 0 unspecified atom stereocenters. The van der Waals surface area contributed by atoms with Crippen molar-refractivity contribution in [1.82, 2.24) is 15.6 Å². The van der Waals surface area contributed by atoms with Gasteiger partial charge in [-0.25, -0.2) is 0 Å². The first-order valence-corrected chi connectivity index (χ1v) is 8.94. The minimum atomic E-state index is 0.157. The molecule has 25 heavy (non-hydrogen) atoms. The zero-order valence-electron chi connectivity index (χ0n) is 14.3. The Morgan fingerprint density at radius 1 is 1.16 bits per heavy atom. The topological polar surface area (TPSA) is 75.6 Å². The maximum absolute atomic E-state index is 8.71. The van der Waals surface area contributed by atoms with Crippen LogP contribution in [0, 0.1) is 0 Å². The second-order valence-electron chi connectivity index (χ2n) is 5.41. The quantitative estimate of drug-likeness (QED) is 0.493. The van der Waals surface area contributed by atoms with Gasteiger partial charge in [-0.15, -0.1) is 0 Å². The van der Waals surface area contributed by atoms with E-state index in [0.29, 0.717) is 24.7 Å². The van der Waals surface area contributed by atoms with Gasteiger partial charge < -0.3 is 25.2 Å². The number of hydrogen-bond acceptors (Lipinski definition) is 6. The molecule has 0 aliphatic heterocycles. The number of aromatic nitrogens is 1. The highest BCUT2D eigenvalue weighted by atomic mass is 79.9. The highest BCUT2D eigenvalue weighted by Crippen LogP contribution is 2.37. The Bertz CT molecular complexity index is 641. The molecule has 0 saturated heterocycles. The van der Waals surface area contributed by atoms with Crippen LogP contribution in [0.25, 0.3) is 0 Å². The van der Waals surface area contributed by atoms with E-state index < -0.39 is 0 Å². The van der Waals surface area contributed by atoms with Gasteiger partial charge in [-0.05, 0) is 39.7 Å². The third kappa shape index (κ3) is 6.62. The Morgan fingerprint density at radius 3 is 2.72 bits per heavy atom. The average molecular weight is 410 g/mol. The van der Waals surface area contributed by atoms with E-state index in [1.165, 1.54) is 0 Å². The summed E-state index contributed by atoms with van der Waals surface area (Å²) in [6.07, 6.45) is 3.52. The minimum absolute atomic E-state index is 0.157. The molecule has 0 atom stereocenters. The molecule has 2 aromatic rings. The summed E-state index contributed by atoms with van der Waals surface area (Å²) in [6.45, 7) is 3.55. The molecule has 136 valence electrons. The smallest absolute Gasteiger partial charge is 0.175 e. The van der Waals surface area contributed by atoms with Crippen molar-refractivity contribution in [1.29, 1.82) is 0 Å². The van der Waals surface area contributed by atoms with Crippen LogP contribution in [0.15, 0.2) is 41.1 Å². The average Bonchev–Trinajstić information content (AvgIpc) is 2.64.